The molecule has 0 fully saturated rings. The summed E-state index contributed by atoms with van der Waals surface area (Å²) in [7, 11) is 0. The molecule has 0 aliphatic rings. The van der Waals surface area contributed by atoms with Crippen LogP contribution in [0, 0.1) is 0 Å². The Labute approximate surface area is 120 Å². The summed E-state index contributed by atoms with van der Waals surface area (Å²) in [5, 5.41) is 0. The summed E-state index contributed by atoms with van der Waals surface area (Å²) < 4.78 is 0. The molecular weight excluding hydrogens is 232 g/mol. The van der Waals surface area contributed by atoms with Gasteiger partial charge in [-0.2, -0.15) is 0 Å². The highest BCUT2D eigenvalue weighted by Crippen LogP contribution is 2.09. The average molecular weight is 265 g/mol. The van der Waals surface area contributed by atoms with Crippen molar-refractivity contribution in [1.82, 2.24) is 0 Å². The summed E-state index contributed by atoms with van der Waals surface area (Å²) in [6, 6.07) is 0. The molecule has 0 rings (SSSR count). The number of hydrogen-bond acceptors (Lipinski definition) is 1. The molecule has 0 aromatic carbocycles. The molecule has 0 atom stereocenters. The standard InChI is InChI=1S/C18H33O/c1-2-3-4-5-6-7-8-9-10-11-12-13-14-15-16-17-18-19/h10-11H,2-9,12-17H2,1H3. The van der Waals surface area contributed by atoms with E-state index in [9.17, 15) is 4.79 Å². The Hall–Kier alpha value is -0.590. The lowest BCUT2D eigenvalue weighted by Crippen LogP contribution is -1.80. The molecule has 0 heterocycles. The number of unbranched alkanes of at least 4 members (excludes halogenated alkanes) is 12. The maximum atomic E-state index is 10.0. The van der Waals surface area contributed by atoms with Crippen molar-refractivity contribution in [2.24, 2.45) is 0 Å². The minimum absolute atomic E-state index is 0.619. The van der Waals surface area contributed by atoms with Gasteiger partial charge in [0, 0.05) is 6.42 Å². The molecule has 0 amide bonds. The summed E-state index contributed by atoms with van der Waals surface area (Å²) >= 11 is 0. The molecule has 0 saturated carbocycles. The van der Waals surface area contributed by atoms with Crippen molar-refractivity contribution in [3.8, 4) is 0 Å². The summed E-state index contributed by atoms with van der Waals surface area (Å²) in [5.74, 6) is 0. The van der Waals surface area contributed by atoms with E-state index in [1.54, 1.807) is 0 Å². The van der Waals surface area contributed by atoms with Crippen molar-refractivity contribution in [2.45, 2.75) is 96.8 Å². The maximum absolute atomic E-state index is 10.0. The molecule has 1 radical (unpaired) electrons. The van der Waals surface area contributed by atoms with Gasteiger partial charge < -0.3 is 0 Å². The number of hydrogen-bond donors (Lipinski definition) is 0. The molecule has 1 nitrogen and oxygen atoms in total. The van der Waals surface area contributed by atoms with Gasteiger partial charge >= 0.3 is 0 Å². The smallest absolute Gasteiger partial charge is 0.198 e. The normalized spacial score (nSPS) is 11.2. The lowest BCUT2D eigenvalue weighted by atomic mass is 10.1. The first kappa shape index (κ1) is 18.4. The van der Waals surface area contributed by atoms with Gasteiger partial charge in [0.05, 0.1) is 0 Å². The molecule has 0 unspecified atom stereocenters. The topological polar surface area (TPSA) is 17.1 Å². The van der Waals surface area contributed by atoms with Gasteiger partial charge in [-0.15, -0.1) is 0 Å². The van der Waals surface area contributed by atoms with E-state index >= 15 is 0 Å². The van der Waals surface area contributed by atoms with Gasteiger partial charge in [-0.25, -0.2) is 0 Å². The van der Waals surface area contributed by atoms with Crippen LogP contribution in [0.15, 0.2) is 12.2 Å². The molecule has 0 saturated heterocycles. The highest BCUT2D eigenvalue weighted by molar-refractivity contribution is 5.50. The zero-order chi connectivity index (χ0) is 14.0. The van der Waals surface area contributed by atoms with Gasteiger partial charge in [0.2, 0.25) is 0 Å². The van der Waals surface area contributed by atoms with Crippen LogP contribution < -0.4 is 0 Å². The van der Waals surface area contributed by atoms with E-state index in [1.165, 1.54) is 77.0 Å². The fraction of sp³-hybridized carbons (Fsp3) is 0.833. The second-order valence-corrected chi connectivity index (χ2v) is 5.48. The van der Waals surface area contributed by atoms with E-state index in [1.807, 2.05) is 6.29 Å². The Kier molecular flexibility index (Phi) is 16.9. The van der Waals surface area contributed by atoms with Crippen LogP contribution in [0.1, 0.15) is 96.8 Å². The van der Waals surface area contributed by atoms with Crippen LogP contribution in [0.25, 0.3) is 0 Å². The zero-order valence-corrected chi connectivity index (χ0v) is 13.0. The van der Waals surface area contributed by atoms with E-state index < -0.39 is 0 Å². The van der Waals surface area contributed by atoms with Gasteiger partial charge in [0.15, 0.2) is 6.29 Å². The quantitative estimate of drug-likeness (QED) is 0.257. The molecule has 0 aliphatic heterocycles. The Morgan fingerprint density at radius 3 is 1.68 bits per heavy atom. The first-order chi connectivity index (χ1) is 9.41. The van der Waals surface area contributed by atoms with E-state index in [-0.39, 0.29) is 0 Å². The molecule has 0 aromatic rings. The fourth-order valence-corrected chi connectivity index (χ4v) is 2.27. The lowest BCUT2D eigenvalue weighted by Gasteiger charge is -1.99. The number of carbonyl (C=O) groups excluding carboxylic acids is 1. The molecule has 0 N–H and O–H groups in total. The predicted octanol–water partition coefficient (Wildman–Crippen LogP) is 6.13. The van der Waals surface area contributed by atoms with Gasteiger partial charge in [0.25, 0.3) is 0 Å². The van der Waals surface area contributed by atoms with Gasteiger partial charge in [-0.3, -0.25) is 4.79 Å². The molecule has 19 heavy (non-hydrogen) atoms. The lowest BCUT2D eigenvalue weighted by molar-refractivity contribution is 0.544. The maximum Gasteiger partial charge on any atom is 0.198 e. The molecule has 0 aromatic heterocycles. The monoisotopic (exact) mass is 265 g/mol. The molecule has 0 bridgehead atoms. The Morgan fingerprint density at radius 1 is 0.684 bits per heavy atom. The van der Waals surface area contributed by atoms with Crippen molar-refractivity contribution in [2.75, 3.05) is 0 Å². The van der Waals surface area contributed by atoms with Crippen LogP contribution in [-0.2, 0) is 4.79 Å². The third kappa shape index (κ3) is 17.4. The third-order valence-electron chi connectivity index (χ3n) is 3.54. The molecule has 1 heteroatoms. The van der Waals surface area contributed by atoms with Crippen LogP contribution >= 0.6 is 0 Å². The fourth-order valence-electron chi connectivity index (χ4n) is 2.27. The van der Waals surface area contributed by atoms with E-state index in [0.717, 1.165) is 6.42 Å². The van der Waals surface area contributed by atoms with Crippen molar-refractivity contribution in [3.05, 3.63) is 12.2 Å². The zero-order valence-electron chi connectivity index (χ0n) is 13.0. The SMILES string of the molecule is CCCCCCCCCC=CCCCCCC[C]=O. The van der Waals surface area contributed by atoms with Crippen molar-refractivity contribution < 1.29 is 4.79 Å². The van der Waals surface area contributed by atoms with Gasteiger partial charge in [0.1, 0.15) is 0 Å². The van der Waals surface area contributed by atoms with Crippen molar-refractivity contribution in [3.63, 3.8) is 0 Å². The molecule has 0 spiro atoms. The summed E-state index contributed by atoms with van der Waals surface area (Å²) in [6.45, 7) is 2.27. The number of allylic oxidation sites excluding steroid dienone is 2. The summed E-state index contributed by atoms with van der Waals surface area (Å²) in [6.07, 6.45) is 24.2. The van der Waals surface area contributed by atoms with Crippen LogP contribution in [0.5, 0.6) is 0 Å². The highest BCUT2D eigenvalue weighted by atomic mass is 16.1. The van der Waals surface area contributed by atoms with E-state index in [4.69, 9.17) is 0 Å². The Morgan fingerprint density at radius 2 is 1.16 bits per heavy atom. The van der Waals surface area contributed by atoms with E-state index in [2.05, 4.69) is 19.1 Å². The van der Waals surface area contributed by atoms with Gasteiger partial charge in [-0.1, -0.05) is 70.4 Å². The second-order valence-electron chi connectivity index (χ2n) is 5.48. The summed E-state index contributed by atoms with van der Waals surface area (Å²) in [4.78, 5) is 10.0. The highest BCUT2D eigenvalue weighted by Gasteiger charge is 1.90. The third-order valence-corrected chi connectivity index (χ3v) is 3.54. The van der Waals surface area contributed by atoms with Crippen LogP contribution in [-0.4, -0.2) is 6.29 Å². The first-order valence-electron chi connectivity index (χ1n) is 8.41. The van der Waals surface area contributed by atoms with Gasteiger partial charge in [-0.05, 0) is 32.1 Å². The minimum Gasteiger partial charge on any atom is -0.291 e. The van der Waals surface area contributed by atoms with Crippen LogP contribution in [0.2, 0.25) is 0 Å². The molecule has 0 aliphatic carbocycles. The minimum atomic E-state index is 0.619. The van der Waals surface area contributed by atoms with Crippen molar-refractivity contribution in [1.29, 1.82) is 0 Å². The Bertz CT molecular complexity index is 196. The second kappa shape index (κ2) is 17.4. The summed E-state index contributed by atoms with van der Waals surface area (Å²) in [5.41, 5.74) is 0. The molecular formula is C18H33O. The van der Waals surface area contributed by atoms with E-state index in [0.29, 0.717) is 6.42 Å². The average Bonchev–Trinajstić information content (AvgIpc) is 2.43. The predicted molar refractivity (Wildman–Crippen MR) is 85.1 cm³/mol. The largest absolute Gasteiger partial charge is 0.291 e. The van der Waals surface area contributed by atoms with Crippen molar-refractivity contribution >= 4 is 6.29 Å². The Balaban J connectivity index is 3.03. The molecule has 111 valence electrons. The van der Waals surface area contributed by atoms with Crippen LogP contribution in [0.4, 0.5) is 0 Å². The van der Waals surface area contributed by atoms with Crippen LogP contribution in [0.3, 0.4) is 0 Å². The first-order valence-corrected chi connectivity index (χ1v) is 8.41. The number of rotatable bonds is 15.